The molecular formula is C28H25N5O4S. The van der Waals surface area contributed by atoms with Crippen LogP contribution >= 0.6 is 11.3 Å². The number of carbonyl (C=O) groups excluding carboxylic acids is 1. The number of aromatic nitrogens is 1. The molecule has 38 heavy (non-hydrogen) atoms. The Labute approximate surface area is 222 Å². The molecule has 5 rings (SSSR count). The smallest absolute Gasteiger partial charge is 0.270 e. The second kappa shape index (κ2) is 10.4. The Morgan fingerprint density at radius 2 is 1.92 bits per heavy atom. The lowest BCUT2D eigenvalue weighted by Gasteiger charge is -2.18. The van der Waals surface area contributed by atoms with Gasteiger partial charge in [-0.3, -0.25) is 14.9 Å². The van der Waals surface area contributed by atoms with Gasteiger partial charge in [0.25, 0.3) is 11.6 Å². The van der Waals surface area contributed by atoms with Crippen LogP contribution in [0.3, 0.4) is 0 Å². The molecule has 0 fully saturated rings. The molecule has 0 saturated heterocycles. The number of anilines is 1. The van der Waals surface area contributed by atoms with Crippen molar-refractivity contribution in [2.45, 2.75) is 26.7 Å². The fraction of sp³-hybridized carbons (Fsp3) is 0.179. The molecule has 0 aliphatic carbocycles. The number of carbonyl (C=O) groups is 1. The number of non-ortho nitro benzene ring substituents is 1. The third-order valence-electron chi connectivity index (χ3n) is 6.10. The standard InChI is InChI=1S/C28H25N5O4S/c1-17(2)19-7-10-22(11-8-19)29-28-32(31-18(3)20-5-4-6-23(13-20)33(35)36)25(16-38-28)21-9-12-26-24(14-21)30-27(34)15-37-26/h4-14,16-17H,15H2,1-3H3,(H,30,34). The minimum Gasteiger partial charge on any atom is -0.482 e. The number of nitro benzene ring substituents is 1. The van der Waals surface area contributed by atoms with Gasteiger partial charge in [-0.2, -0.15) is 5.10 Å². The SMILES string of the molecule is CC(=Nn1c(-c2ccc3c(c2)NC(=O)CO3)csc1=Nc1ccc(C(C)C)cc1)c1cccc([N+](=O)[O-])c1. The first-order valence-corrected chi connectivity index (χ1v) is 12.9. The molecule has 0 spiro atoms. The maximum absolute atomic E-state index is 11.9. The highest BCUT2D eigenvalue weighted by Crippen LogP contribution is 2.33. The Morgan fingerprint density at radius 3 is 2.66 bits per heavy atom. The number of fused-ring (bicyclic) bond motifs is 1. The van der Waals surface area contributed by atoms with Crippen molar-refractivity contribution in [3.05, 3.63) is 98.2 Å². The summed E-state index contributed by atoms with van der Waals surface area (Å²) in [5, 5.41) is 20.9. The molecule has 1 aliphatic heterocycles. The Morgan fingerprint density at radius 1 is 1.13 bits per heavy atom. The van der Waals surface area contributed by atoms with Gasteiger partial charge in [-0.1, -0.05) is 38.1 Å². The van der Waals surface area contributed by atoms with Crippen molar-refractivity contribution in [3.8, 4) is 17.0 Å². The average molecular weight is 528 g/mol. The molecule has 4 aromatic rings. The lowest BCUT2D eigenvalue weighted by Crippen LogP contribution is -2.25. The molecule has 1 amide bonds. The molecule has 2 heterocycles. The van der Waals surface area contributed by atoms with Crippen LogP contribution in [-0.4, -0.2) is 27.8 Å². The van der Waals surface area contributed by atoms with Gasteiger partial charge in [-0.15, -0.1) is 11.3 Å². The molecule has 0 radical (unpaired) electrons. The zero-order chi connectivity index (χ0) is 26.8. The molecule has 0 atom stereocenters. The summed E-state index contributed by atoms with van der Waals surface area (Å²) in [5.74, 6) is 0.799. The van der Waals surface area contributed by atoms with Crippen LogP contribution in [0.1, 0.15) is 37.8 Å². The van der Waals surface area contributed by atoms with Crippen molar-refractivity contribution in [1.29, 1.82) is 0 Å². The highest BCUT2D eigenvalue weighted by molar-refractivity contribution is 7.07. The Bertz CT molecular complexity index is 1630. The van der Waals surface area contributed by atoms with Gasteiger partial charge in [-0.25, -0.2) is 9.67 Å². The number of amides is 1. The predicted molar refractivity (Wildman–Crippen MR) is 148 cm³/mol. The van der Waals surface area contributed by atoms with Gasteiger partial charge >= 0.3 is 0 Å². The van der Waals surface area contributed by atoms with E-state index in [-0.39, 0.29) is 18.2 Å². The largest absolute Gasteiger partial charge is 0.482 e. The van der Waals surface area contributed by atoms with E-state index in [9.17, 15) is 14.9 Å². The van der Waals surface area contributed by atoms with Crippen LogP contribution in [0.5, 0.6) is 5.75 Å². The lowest BCUT2D eigenvalue weighted by molar-refractivity contribution is -0.384. The van der Waals surface area contributed by atoms with Crippen LogP contribution in [0, 0.1) is 10.1 Å². The molecule has 9 nitrogen and oxygen atoms in total. The van der Waals surface area contributed by atoms with Gasteiger partial charge in [0.05, 0.1) is 27.7 Å². The molecule has 0 bridgehead atoms. The molecular weight excluding hydrogens is 502 g/mol. The molecule has 0 saturated carbocycles. The highest BCUT2D eigenvalue weighted by Gasteiger charge is 2.18. The lowest BCUT2D eigenvalue weighted by atomic mass is 10.0. The van der Waals surface area contributed by atoms with Gasteiger partial charge in [0.15, 0.2) is 6.61 Å². The van der Waals surface area contributed by atoms with Crippen molar-refractivity contribution in [2.75, 3.05) is 11.9 Å². The van der Waals surface area contributed by atoms with Gasteiger partial charge in [-0.05, 0) is 48.7 Å². The van der Waals surface area contributed by atoms with E-state index < -0.39 is 4.92 Å². The monoisotopic (exact) mass is 527 g/mol. The summed E-state index contributed by atoms with van der Waals surface area (Å²) in [6.07, 6.45) is 0. The summed E-state index contributed by atoms with van der Waals surface area (Å²) in [7, 11) is 0. The number of rotatable bonds is 6. The zero-order valence-corrected chi connectivity index (χ0v) is 21.9. The van der Waals surface area contributed by atoms with E-state index in [1.54, 1.807) is 23.7 Å². The Kier molecular flexibility index (Phi) is 6.89. The number of thiazole rings is 1. The van der Waals surface area contributed by atoms with Gasteiger partial charge < -0.3 is 10.1 Å². The van der Waals surface area contributed by atoms with E-state index in [2.05, 4.69) is 31.3 Å². The number of benzene rings is 3. The quantitative estimate of drug-likeness (QED) is 0.186. The fourth-order valence-corrected chi connectivity index (χ4v) is 4.86. The normalized spacial score (nSPS) is 13.7. The number of hydrogen-bond donors (Lipinski definition) is 1. The zero-order valence-electron chi connectivity index (χ0n) is 21.0. The molecule has 0 unspecified atom stereocenters. The predicted octanol–water partition coefficient (Wildman–Crippen LogP) is 6.08. The van der Waals surface area contributed by atoms with Gasteiger partial charge in [0, 0.05) is 28.6 Å². The Balaban J connectivity index is 1.64. The van der Waals surface area contributed by atoms with Crippen LogP contribution < -0.4 is 14.9 Å². The van der Waals surface area contributed by atoms with Crippen LogP contribution in [-0.2, 0) is 4.79 Å². The van der Waals surface area contributed by atoms with Crippen LogP contribution in [0.25, 0.3) is 11.3 Å². The topological polar surface area (TPSA) is 111 Å². The minimum absolute atomic E-state index is 0.00632. The van der Waals surface area contributed by atoms with Crippen LogP contribution in [0.2, 0.25) is 0 Å². The molecule has 10 heteroatoms. The summed E-state index contributed by atoms with van der Waals surface area (Å²) in [5.41, 5.74) is 5.35. The average Bonchev–Trinajstić information content (AvgIpc) is 3.30. The summed E-state index contributed by atoms with van der Waals surface area (Å²) < 4.78 is 7.23. The van der Waals surface area contributed by atoms with Crippen molar-refractivity contribution in [3.63, 3.8) is 0 Å². The van der Waals surface area contributed by atoms with E-state index >= 15 is 0 Å². The number of ether oxygens (including phenoxy) is 1. The second-order valence-corrected chi connectivity index (χ2v) is 9.95. The summed E-state index contributed by atoms with van der Waals surface area (Å²) in [4.78, 5) is 28.2. The van der Waals surface area contributed by atoms with E-state index in [4.69, 9.17) is 14.8 Å². The maximum atomic E-state index is 11.9. The minimum atomic E-state index is -0.426. The van der Waals surface area contributed by atoms with Crippen molar-refractivity contribution < 1.29 is 14.5 Å². The van der Waals surface area contributed by atoms with Gasteiger partial charge in [0.2, 0.25) is 4.80 Å². The van der Waals surface area contributed by atoms with E-state index in [1.165, 1.54) is 29.0 Å². The highest BCUT2D eigenvalue weighted by atomic mass is 32.1. The Hall–Kier alpha value is -4.57. The van der Waals surface area contributed by atoms with Gasteiger partial charge in [0.1, 0.15) is 5.75 Å². The molecule has 1 aliphatic rings. The second-order valence-electron chi connectivity index (χ2n) is 9.11. The molecule has 192 valence electrons. The first kappa shape index (κ1) is 25.1. The third-order valence-corrected chi connectivity index (χ3v) is 6.92. The van der Waals surface area contributed by atoms with Crippen molar-refractivity contribution in [2.24, 2.45) is 10.1 Å². The summed E-state index contributed by atoms with van der Waals surface area (Å²) in [6.45, 7) is 6.07. The third kappa shape index (κ3) is 5.25. The van der Waals surface area contributed by atoms with E-state index in [0.29, 0.717) is 33.4 Å². The molecule has 3 aromatic carbocycles. The van der Waals surface area contributed by atoms with Crippen molar-refractivity contribution in [1.82, 2.24) is 4.68 Å². The van der Waals surface area contributed by atoms with Crippen LogP contribution in [0.15, 0.2) is 82.2 Å². The number of nitrogens with zero attached hydrogens (tertiary/aromatic N) is 4. The maximum Gasteiger partial charge on any atom is 0.270 e. The first-order valence-electron chi connectivity index (χ1n) is 12.0. The van der Waals surface area contributed by atoms with E-state index in [0.717, 1.165) is 16.9 Å². The molecule has 1 N–H and O–H groups in total. The summed E-state index contributed by atoms with van der Waals surface area (Å²) >= 11 is 1.42. The number of nitrogens with one attached hydrogen (secondary N) is 1. The van der Waals surface area contributed by atoms with E-state index in [1.807, 2.05) is 35.7 Å². The number of hydrogen-bond acceptors (Lipinski definition) is 7. The van der Waals surface area contributed by atoms with Crippen LogP contribution in [0.4, 0.5) is 17.1 Å². The fourth-order valence-electron chi connectivity index (χ4n) is 4.01. The first-order chi connectivity index (χ1) is 18.3. The summed E-state index contributed by atoms with van der Waals surface area (Å²) in [6, 6.07) is 20.0. The molecule has 1 aromatic heterocycles. The number of nitro groups is 1. The van der Waals surface area contributed by atoms with Crippen molar-refractivity contribution >= 4 is 40.0 Å².